The van der Waals surface area contributed by atoms with E-state index in [4.69, 9.17) is 0 Å². The minimum Gasteiger partial charge on any atom is -0.266 e. The fourth-order valence-corrected chi connectivity index (χ4v) is 3.35. The number of benzene rings is 1. The van der Waals surface area contributed by atoms with Crippen molar-refractivity contribution in [3.8, 4) is 17.1 Å². The molecule has 10 heteroatoms. The minimum atomic E-state index is -0.350. The summed E-state index contributed by atoms with van der Waals surface area (Å²) in [4.78, 5) is 16.8. The Morgan fingerprint density at radius 3 is 2.67 bits per heavy atom. The quantitative estimate of drug-likeness (QED) is 0.467. The Hall–Kier alpha value is -3.40. The average molecular weight is 423 g/mol. The molecule has 0 aliphatic carbocycles. The summed E-state index contributed by atoms with van der Waals surface area (Å²) in [5, 5.41) is 19.5. The Kier molecular flexibility index (Phi) is 3.41. The molecule has 9 nitrogen and oxygen atoms in total. The van der Waals surface area contributed by atoms with Crippen LogP contribution in [0.1, 0.15) is 5.69 Å². The van der Waals surface area contributed by atoms with Gasteiger partial charge in [-0.05, 0) is 30.7 Å². The van der Waals surface area contributed by atoms with Gasteiger partial charge in [0.05, 0.1) is 11.3 Å². The number of halogens is 1. The SMILES string of the molecule is Cc1nn2c(nnc3c(=O)n(-c4ncn[nH]4)ccc32)c1-c1ccc(Br)cc1. The highest BCUT2D eigenvalue weighted by atomic mass is 79.9. The average Bonchev–Trinajstić information content (AvgIpc) is 3.30. The largest absolute Gasteiger partial charge is 0.287 e. The molecule has 1 aromatic carbocycles. The van der Waals surface area contributed by atoms with Crippen LogP contribution in [0.5, 0.6) is 0 Å². The van der Waals surface area contributed by atoms with Crippen LogP contribution in [-0.2, 0) is 0 Å². The summed E-state index contributed by atoms with van der Waals surface area (Å²) < 4.78 is 3.98. The van der Waals surface area contributed by atoms with Gasteiger partial charge in [0.2, 0.25) is 5.95 Å². The van der Waals surface area contributed by atoms with Crippen LogP contribution >= 0.6 is 15.9 Å². The lowest BCUT2D eigenvalue weighted by molar-refractivity contribution is 0.874. The molecule has 0 aliphatic rings. The minimum absolute atomic E-state index is 0.200. The summed E-state index contributed by atoms with van der Waals surface area (Å²) >= 11 is 3.44. The van der Waals surface area contributed by atoms with Crippen LogP contribution in [0.4, 0.5) is 0 Å². The molecule has 5 rings (SSSR count). The predicted octanol–water partition coefficient (Wildman–Crippen LogP) is 2.28. The molecule has 0 radical (unpaired) electrons. The lowest BCUT2D eigenvalue weighted by atomic mass is 10.1. The molecule has 0 spiro atoms. The number of aromatic nitrogens is 8. The van der Waals surface area contributed by atoms with Gasteiger partial charge in [-0.1, -0.05) is 28.1 Å². The second-order valence-electron chi connectivity index (χ2n) is 5.94. The van der Waals surface area contributed by atoms with E-state index in [-0.39, 0.29) is 11.1 Å². The number of fused-ring (bicyclic) bond motifs is 3. The maximum absolute atomic E-state index is 12.8. The molecule has 4 heterocycles. The molecule has 0 amide bonds. The molecule has 0 saturated carbocycles. The smallest absolute Gasteiger partial charge is 0.266 e. The number of hydrogen-bond donors (Lipinski definition) is 1. The zero-order valence-corrected chi connectivity index (χ0v) is 15.5. The number of nitrogens with one attached hydrogen (secondary N) is 1. The first kappa shape index (κ1) is 15.8. The van der Waals surface area contributed by atoms with E-state index in [2.05, 4.69) is 46.4 Å². The Morgan fingerprint density at radius 1 is 1.11 bits per heavy atom. The number of nitrogens with zero attached hydrogens (tertiary/aromatic N) is 7. The molecule has 132 valence electrons. The zero-order chi connectivity index (χ0) is 18.5. The molecular formula is C17H11BrN8O. The maximum atomic E-state index is 12.8. The first-order valence-electron chi connectivity index (χ1n) is 8.02. The van der Waals surface area contributed by atoms with Crippen molar-refractivity contribution in [2.45, 2.75) is 6.92 Å². The van der Waals surface area contributed by atoms with Gasteiger partial charge in [0.25, 0.3) is 5.56 Å². The van der Waals surface area contributed by atoms with Crippen molar-refractivity contribution in [3.05, 3.63) is 63.4 Å². The van der Waals surface area contributed by atoms with Crippen molar-refractivity contribution in [1.82, 2.24) is 39.6 Å². The third kappa shape index (κ3) is 2.37. The molecule has 0 atom stereocenters. The van der Waals surface area contributed by atoms with E-state index in [1.54, 1.807) is 16.8 Å². The van der Waals surface area contributed by atoms with Crippen molar-refractivity contribution < 1.29 is 0 Å². The zero-order valence-electron chi connectivity index (χ0n) is 14.0. The van der Waals surface area contributed by atoms with E-state index in [1.807, 2.05) is 31.2 Å². The molecule has 1 N–H and O–H groups in total. The first-order valence-corrected chi connectivity index (χ1v) is 8.82. The number of aromatic amines is 1. The van der Waals surface area contributed by atoms with Crippen molar-refractivity contribution >= 4 is 32.6 Å². The van der Waals surface area contributed by atoms with Gasteiger partial charge < -0.3 is 0 Å². The van der Waals surface area contributed by atoms with Crippen LogP contribution < -0.4 is 5.56 Å². The molecule has 27 heavy (non-hydrogen) atoms. The normalized spacial score (nSPS) is 11.5. The van der Waals surface area contributed by atoms with Gasteiger partial charge in [-0.2, -0.15) is 15.2 Å². The van der Waals surface area contributed by atoms with Crippen LogP contribution in [0.25, 0.3) is 33.8 Å². The van der Waals surface area contributed by atoms with Gasteiger partial charge in [-0.25, -0.2) is 9.61 Å². The van der Waals surface area contributed by atoms with Crippen molar-refractivity contribution in [3.63, 3.8) is 0 Å². The molecule has 0 unspecified atom stereocenters. The van der Waals surface area contributed by atoms with E-state index in [0.29, 0.717) is 17.1 Å². The third-order valence-corrected chi connectivity index (χ3v) is 4.85. The summed E-state index contributed by atoms with van der Waals surface area (Å²) in [6.07, 6.45) is 2.95. The highest BCUT2D eigenvalue weighted by molar-refractivity contribution is 9.10. The lowest BCUT2D eigenvalue weighted by Gasteiger charge is -2.04. The Labute approximate surface area is 159 Å². The van der Waals surface area contributed by atoms with Gasteiger partial charge in [0.1, 0.15) is 11.8 Å². The predicted molar refractivity (Wildman–Crippen MR) is 102 cm³/mol. The summed E-state index contributed by atoms with van der Waals surface area (Å²) in [5.41, 5.74) is 3.69. The van der Waals surface area contributed by atoms with E-state index in [1.165, 1.54) is 10.9 Å². The summed E-state index contributed by atoms with van der Waals surface area (Å²) in [6, 6.07) is 9.66. The van der Waals surface area contributed by atoms with E-state index >= 15 is 0 Å². The number of H-pyrrole nitrogens is 1. The molecule has 0 saturated heterocycles. The molecule has 0 aliphatic heterocycles. The molecular weight excluding hydrogens is 412 g/mol. The molecule has 0 fully saturated rings. The van der Waals surface area contributed by atoms with Crippen molar-refractivity contribution in [2.24, 2.45) is 0 Å². The van der Waals surface area contributed by atoms with Crippen LogP contribution in [0.15, 0.2) is 52.1 Å². The molecule has 5 aromatic rings. The van der Waals surface area contributed by atoms with Gasteiger partial charge in [-0.15, -0.1) is 10.2 Å². The highest BCUT2D eigenvalue weighted by Crippen LogP contribution is 2.29. The van der Waals surface area contributed by atoms with Crippen LogP contribution in [0.2, 0.25) is 0 Å². The van der Waals surface area contributed by atoms with E-state index < -0.39 is 0 Å². The van der Waals surface area contributed by atoms with Crippen LogP contribution in [0, 0.1) is 6.92 Å². The Morgan fingerprint density at radius 2 is 1.93 bits per heavy atom. The number of hydrogen-bond acceptors (Lipinski definition) is 6. The number of rotatable bonds is 2. The standard InChI is InChI=1S/C17H11BrN8O/c1-9-13(10-2-4-11(18)5-3-10)15-22-21-14-12(26(15)24-9)6-7-25(16(14)27)17-19-8-20-23-17/h2-8H,1H3,(H,19,20,23). The fraction of sp³-hybridized carbons (Fsp3) is 0.0588. The molecule has 0 bridgehead atoms. The van der Waals surface area contributed by atoms with Gasteiger partial charge in [0, 0.05) is 10.7 Å². The van der Waals surface area contributed by atoms with E-state index in [9.17, 15) is 4.79 Å². The van der Waals surface area contributed by atoms with Gasteiger partial charge >= 0.3 is 0 Å². The lowest BCUT2D eigenvalue weighted by Crippen LogP contribution is -2.21. The Bertz CT molecular complexity index is 1350. The van der Waals surface area contributed by atoms with E-state index in [0.717, 1.165) is 21.3 Å². The number of pyridine rings is 1. The first-order chi connectivity index (χ1) is 13.1. The summed E-state index contributed by atoms with van der Waals surface area (Å²) in [5.74, 6) is 0.316. The van der Waals surface area contributed by atoms with Crippen LogP contribution in [0.3, 0.4) is 0 Å². The second kappa shape index (κ2) is 5.81. The summed E-state index contributed by atoms with van der Waals surface area (Å²) in [7, 11) is 0. The number of aryl methyl sites for hydroxylation is 1. The fourth-order valence-electron chi connectivity index (χ4n) is 3.09. The Balaban J connectivity index is 1.79. The van der Waals surface area contributed by atoms with Crippen molar-refractivity contribution in [2.75, 3.05) is 0 Å². The summed E-state index contributed by atoms with van der Waals surface area (Å²) in [6.45, 7) is 1.91. The third-order valence-electron chi connectivity index (χ3n) is 4.32. The van der Waals surface area contributed by atoms with Crippen molar-refractivity contribution in [1.29, 1.82) is 0 Å². The van der Waals surface area contributed by atoms with Gasteiger partial charge in [-0.3, -0.25) is 9.36 Å². The topological polar surface area (TPSA) is 107 Å². The van der Waals surface area contributed by atoms with Gasteiger partial charge in [0.15, 0.2) is 11.2 Å². The monoisotopic (exact) mass is 422 g/mol. The highest BCUT2D eigenvalue weighted by Gasteiger charge is 2.18. The second-order valence-corrected chi connectivity index (χ2v) is 6.85. The molecule has 4 aromatic heterocycles. The maximum Gasteiger partial charge on any atom is 0.287 e. The van der Waals surface area contributed by atoms with Crippen LogP contribution in [-0.4, -0.2) is 39.6 Å².